The Hall–Kier alpha value is -3.15. The minimum atomic E-state index is -0.285. The first kappa shape index (κ1) is 17.9. The summed E-state index contributed by atoms with van der Waals surface area (Å²) in [5.41, 5.74) is 4.89. The van der Waals surface area contributed by atoms with Crippen LogP contribution in [-0.4, -0.2) is 40.8 Å². The molecular weight excluding hydrogens is 366 g/mol. The van der Waals surface area contributed by atoms with Crippen LogP contribution in [0, 0.1) is 0 Å². The fourth-order valence-electron chi connectivity index (χ4n) is 4.12. The van der Waals surface area contributed by atoms with Crippen LogP contribution in [0.3, 0.4) is 0 Å². The van der Waals surface area contributed by atoms with E-state index in [-0.39, 0.29) is 23.8 Å². The molecule has 1 saturated heterocycles. The molecule has 6 heteroatoms. The van der Waals surface area contributed by atoms with Crippen molar-refractivity contribution in [3.63, 3.8) is 0 Å². The van der Waals surface area contributed by atoms with Gasteiger partial charge in [-0.05, 0) is 22.3 Å². The van der Waals surface area contributed by atoms with Gasteiger partial charge in [0.15, 0.2) is 5.82 Å². The summed E-state index contributed by atoms with van der Waals surface area (Å²) in [7, 11) is 0. The lowest BCUT2D eigenvalue weighted by Gasteiger charge is -2.36. The molecule has 0 atom stereocenters. The third-order valence-electron chi connectivity index (χ3n) is 5.80. The average molecular weight is 389 g/mol. The molecule has 3 aromatic rings. The van der Waals surface area contributed by atoms with Gasteiger partial charge in [0.25, 0.3) is 0 Å². The molecule has 1 aromatic heterocycles. The number of hydrogen-bond donors (Lipinski definition) is 0. The fraction of sp³-hybridized carbons (Fsp3) is 0.348. The standard InChI is InChI=1S/C23H23N3O3/c1-14(2)21-24-22(29-25-21)15-11-26(12-15)23(27)28-13-20-18-9-5-3-7-16(18)17-8-4-6-10-19(17)20/h3-10,14-15,20H,11-13H2,1-2H3. The molecular formula is C23H23N3O3. The lowest BCUT2D eigenvalue weighted by molar-refractivity contribution is 0.0635. The van der Waals surface area contributed by atoms with Crippen molar-refractivity contribution in [2.45, 2.75) is 31.6 Å². The van der Waals surface area contributed by atoms with Gasteiger partial charge in [-0.3, -0.25) is 0 Å². The summed E-state index contributed by atoms with van der Waals surface area (Å²) in [5.74, 6) is 1.71. The first-order valence-corrected chi connectivity index (χ1v) is 10.0. The second-order valence-electron chi connectivity index (χ2n) is 8.05. The number of carbonyl (C=O) groups excluding carboxylic acids is 1. The van der Waals surface area contributed by atoms with Gasteiger partial charge in [0.2, 0.25) is 5.89 Å². The van der Waals surface area contributed by atoms with Gasteiger partial charge in [-0.2, -0.15) is 4.98 Å². The molecule has 148 valence electrons. The normalized spacial score (nSPS) is 15.9. The SMILES string of the molecule is CC(C)c1noc(C2CN(C(=O)OCC3c4ccccc4-c4ccccc43)C2)n1. The maximum atomic E-state index is 12.5. The van der Waals surface area contributed by atoms with E-state index < -0.39 is 0 Å². The molecule has 1 fully saturated rings. The molecule has 1 aliphatic heterocycles. The van der Waals surface area contributed by atoms with E-state index in [2.05, 4.69) is 34.4 Å². The van der Waals surface area contributed by atoms with Crippen LogP contribution in [0.25, 0.3) is 11.1 Å². The lowest BCUT2D eigenvalue weighted by atomic mass is 9.98. The monoisotopic (exact) mass is 389 g/mol. The van der Waals surface area contributed by atoms with E-state index in [0.717, 1.165) is 0 Å². The predicted octanol–water partition coefficient (Wildman–Crippen LogP) is 4.54. The topological polar surface area (TPSA) is 68.5 Å². The molecule has 5 rings (SSSR count). The van der Waals surface area contributed by atoms with E-state index in [1.165, 1.54) is 22.3 Å². The minimum Gasteiger partial charge on any atom is -0.448 e. The zero-order chi connectivity index (χ0) is 20.0. The van der Waals surface area contributed by atoms with Crippen LogP contribution < -0.4 is 0 Å². The van der Waals surface area contributed by atoms with E-state index >= 15 is 0 Å². The van der Waals surface area contributed by atoms with E-state index in [4.69, 9.17) is 9.26 Å². The molecule has 0 N–H and O–H groups in total. The van der Waals surface area contributed by atoms with Gasteiger partial charge >= 0.3 is 6.09 Å². The van der Waals surface area contributed by atoms with Crippen molar-refractivity contribution in [1.29, 1.82) is 0 Å². The zero-order valence-corrected chi connectivity index (χ0v) is 16.5. The highest BCUT2D eigenvalue weighted by Gasteiger charge is 2.37. The summed E-state index contributed by atoms with van der Waals surface area (Å²) >= 11 is 0. The van der Waals surface area contributed by atoms with Gasteiger partial charge in [0, 0.05) is 24.9 Å². The minimum absolute atomic E-state index is 0.0768. The first-order valence-electron chi connectivity index (χ1n) is 10.0. The Balaban J connectivity index is 1.22. The third kappa shape index (κ3) is 3.09. The molecule has 2 heterocycles. The second kappa shape index (κ2) is 7.03. The van der Waals surface area contributed by atoms with Gasteiger partial charge in [0.05, 0.1) is 5.92 Å². The average Bonchev–Trinajstić information content (AvgIpc) is 3.29. The molecule has 6 nitrogen and oxygen atoms in total. The first-order chi connectivity index (χ1) is 14.1. The number of rotatable bonds is 4. The maximum absolute atomic E-state index is 12.5. The van der Waals surface area contributed by atoms with Crippen molar-refractivity contribution in [2.75, 3.05) is 19.7 Å². The molecule has 0 bridgehead atoms. The summed E-state index contributed by atoms with van der Waals surface area (Å²) in [6, 6.07) is 16.7. The van der Waals surface area contributed by atoms with Crippen LogP contribution in [0.15, 0.2) is 53.1 Å². The summed E-state index contributed by atoms with van der Waals surface area (Å²) in [6.07, 6.45) is -0.285. The Morgan fingerprint density at radius 3 is 2.31 bits per heavy atom. The van der Waals surface area contributed by atoms with Crippen molar-refractivity contribution >= 4 is 6.09 Å². The molecule has 2 aromatic carbocycles. The molecule has 0 spiro atoms. The van der Waals surface area contributed by atoms with Gasteiger partial charge in [-0.1, -0.05) is 67.5 Å². The van der Waals surface area contributed by atoms with Crippen LogP contribution >= 0.6 is 0 Å². The molecule has 1 amide bonds. The number of hydrogen-bond acceptors (Lipinski definition) is 5. The van der Waals surface area contributed by atoms with Gasteiger partial charge in [0.1, 0.15) is 6.61 Å². The van der Waals surface area contributed by atoms with Crippen LogP contribution in [0.4, 0.5) is 4.79 Å². The maximum Gasteiger partial charge on any atom is 0.409 e. The van der Waals surface area contributed by atoms with E-state index in [0.29, 0.717) is 31.4 Å². The van der Waals surface area contributed by atoms with Crippen molar-refractivity contribution in [1.82, 2.24) is 15.0 Å². The number of carbonyl (C=O) groups is 1. The van der Waals surface area contributed by atoms with E-state index in [1.54, 1.807) is 4.90 Å². The van der Waals surface area contributed by atoms with Crippen LogP contribution in [-0.2, 0) is 4.74 Å². The molecule has 1 aliphatic carbocycles. The van der Waals surface area contributed by atoms with Crippen LogP contribution in [0.2, 0.25) is 0 Å². The number of ether oxygens (including phenoxy) is 1. The molecule has 2 aliphatic rings. The molecule has 0 saturated carbocycles. The van der Waals surface area contributed by atoms with Crippen molar-refractivity contribution in [3.8, 4) is 11.1 Å². The Labute approximate surface area is 169 Å². The highest BCUT2D eigenvalue weighted by Crippen LogP contribution is 2.44. The summed E-state index contributed by atoms with van der Waals surface area (Å²) < 4.78 is 11.0. The van der Waals surface area contributed by atoms with E-state index in [9.17, 15) is 4.79 Å². The Morgan fingerprint density at radius 2 is 1.72 bits per heavy atom. The predicted molar refractivity (Wildman–Crippen MR) is 108 cm³/mol. The van der Waals surface area contributed by atoms with Crippen LogP contribution in [0.5, 0.6) is 0 Å². The number of amides is 1. The molecule has 0 unspecified atom stereocenters. The Bertz CT molecular complexity index is 1010. The van der Waals surface area contributed by atoms with Crippen molar-refractivity contribution in [2.24, 2.45) is 0 Å². The number of fused-ring (bicyclic) bond motifs is 3. The third-order valence-corrected chi connectivity index (χ3v) is 5.80. The molecule has 29 heavy (non-hydrogen) atoms. The summed E-state index contributed by atoms with van der Waals surface area (Å²) in [5, 5.41) is 4.00. The lowest BCUT2D eigenvalue weighted by Crippen LogP contribution is -2.49. The van der Waals surface area contributed by atoms with Gasteiger partial charge in [-0.25, -0.2) is 4.79 Å². The fourth-order valence-corrected chi connectivity index (χ4v) is 4.12. The van der Waals surface area contributed by atoms with Crippen LogP contribution in [0.1, 0.15) is 54.4 Å². The largest absolute Gasteiger partial charge is 0.448 e. The van der Waals surface area contributed by atoms with Crippen molar-refractivity contribution < 1.29 is 14.1 Å². The number of likely N-dealkylation sites (tertiary alicyclic amines) is 1. The number of aromatic nitrogens is 2. The number of nitrogens with zero attached hydrogens (tertiary/aromatic N) is 3. The zero-order valence-electron chi connectivity index (χ0n) is 16.5. The van der Waals surface area contributed by atoms with Gasteiger partial charge in [-0.15, -0.1) is 0 Å². The van der Waals surface area contributed by atoms with E-state index in [1.807, 2.05) is 38.1 Å². The quantitative estimate of drug-likeness (QED) is 0.655. The Morgan fingerprint density at radius 1 is 1.10 bits per heavy atom. The summed E-state index contributed by atoms with van der Waals surface area (Å²) in [6.45, 7) is 5.50. The Kier molecular flexibility index (Phi) is 4.34. The van der Waals surface area contributed by atoms with Gasteiger partial charge < -0.3 is 14.2 Å². The van der Waals surface area contributed by atoms with Crippen molar-refractivity contribution in [3.05, 3.63) is 71.4 Å². The highest BCUT2D eigenvalue weighted by atomic mass is 16.6. The summed E-state index contributed by atoms with van der Waals surface area (Å²) in [4.78, 5) is 18.7. The highest BCUT2D eigenvalue weighted by molar-refractivity contribution is 5.79. The smallest absolute Gasteiger partial charge is 0.409 e. The number of benzene rings is 2. The molecule has 0 radical (unpaired) electrons. The second-order valence-corrected chi connectivity index (χ2v) is 8.05.